The minimum absolute atomic E-state index is 0.0248. The summed E-state index contributed by atoms with van der Waals surface area (Å²) in [5.41, 5.74) is 0. The summed E-state index contributed by atoms with van der Waals surface area (Å²) in [6.07, 6.45) is 3.38. The Balaban J connectivity index is 2.78. The fourth-order valence-electron chi connectivity index (χ4n) is 2.83. The Morgan fingerprint density at radius 1 is 1.22 bits per heavy atom. The lowest BCUT2D eigenvalue weighted by Gasteiger charge is -2.34. The molecule has 18 heavy (non-hydrogen) atoms. The van der Waals surface area contributed by atoms with Crippen LogP contribution in [0.3, 0.4) is 0 Å². The van der Waals surface area contributed by atoms with Gasteiger partial charge < -0.3 is 4.90 Å². The van der Waals surface area contributed by atoms with Crippen molar-refractivity contribution in [3.63, 3.8) is 0 Å². The van der Waals surface area contributed by atoms with Crippen LogP contribution >= 0.6 is 0 Å². The zero-order valence-electron chi connectivity index (χ0n) is 12.9. The molecule has 1 aliphatic rings. The molecule has 0 aromatic carbocycles. The minimum Gasteiger partial charge on any atom is -0.323 e. The van der Waals surface area contributed by atoms with Crippen LogP contribution in [0.15, 0.2) is 0 Å². The second-order valence-electron chi connectivity index (χ2n) is 6.16. The molecule has 1 fully saturated rings. The monoisotopic (exact) mass is 254 g/mol. The molecule has 0 bridgehead atoms. The molecule has 4 atom stereocenters. The molecule has 0 aromatic heterocycles. The summed E-state index contributed by atoms with van der Waals surface area (Å²) < 4.78 is 0. The van der Waals surface area contributed by atoms with E-state index in [1.54, 1.807) is 0 Å². The van der Waals surface area contributed by atoms with Gasteiger partial charge in [-0.2, -0.15) is 0 Å². The Bertz CT molecular complexity index is 278. The molecule has 1 N–H and O–H groups in total. The normalized spacial score (nSPS) is 27.9. The van der Waals surface area contributed by atoms with Crippen molar-refractivity contribution < 1.29 is 4.79 Å². The van der Waals surface area contributed by atoms with Crippen molar-refractivity contribution in [2.45, 2.75) is 79.1 Å². The molecule has 1 heterocycles. The highest BCUT2D eigenvalue weighted by molar-refractivity contribution is 5.84. The zero-order chi connectivity index (χ0) is 13.9. The molecule has 0 spiro atoms. The number of carbonyl (C=O) groups excluding carboxylic acids is 1. The largest absolute Gasteiger partial charge is 0.323 e. The van der Waals surface area contributed by atoms with E-state index in [4.69, 9.17) is 0 Å². The number of amides is 1. The first-order valence-electron chi connectivity index (χ1n) is 7.50. The average Bonchev–Trinajstić information content (AvgIpc) is 2.66. The molecule has 3 heteroatoms. The van der Waals surface area contributed by atoms with Crippen molar-refractivity contribution >= 4 is 5.91 Å². The van der Waals surface area contributed by atoms with Crippen molar-refractivity contribution in [3.05, 3.63) is 0 Å². The summed E-state index contributed by atoms with van der Waals surface area (Å²) in [6.45, 7) is 13.1. The Morgan fingerprint density at radius 2 is 1.83 bits per heavy atom. The van der Waals surface area contributed by atoms with Gasteiger partial charge in [0.05, 0.1) is 12.2 Å². The summed E-state index contributed by atoms with van der Waals surface area (Å²) in [5.74, 6) is 1.44. The Labute approximate surface area is 112 Å². The predicted molar refractivity (Wildman–Crippen MR) is 76.2 cm³/mol. The van der Waals surface area contributed by atoms with Crippen molar-refractivity contribution in [3.8, 4) is 0 Å². The van der Waals surface area contributed by atoms with Crippen molar-refractivity contribution in [2.75, 3.05) is 0 Å². The van der Waals surface area contributed by atoms with Crippen LogP contribution < -0.4 is 5.32 Å². The average molecular weight is 254 g/mol. The number of carbonyl (C=O) groups is 1. The van der Waals surface area contributed by atoms with Gasteiger partial charge in [-0.25, -0.2) is 0 Å². The summed E-state index contributed by atoms with van der Waals surface area (Å²) >= 11 is 0. The van der Waals surface area contributed by atoms with Crippen LogP contribution in [-0.4, -0.2) is 29.1 Å². The van der Waals surface area contributed by atoms with Gasteiger partial charge in [0.2, 0.25) is 5.91 Å². The molecule has 0 saturated carbocycles. The van der Waals surface area contributed by atoms with Gasteiger partial charge >= 0.3 is 0 Å². The molecule has 0 aliphatic carbocycles. The lowest BCUT2D eigenvalue weighted by molar-refractivity contribution is -0.132. The fourth-order valence-corrected chi connectivity index (χ4v) is 2.83. The van der Waals surface area contributed by atoms with Crippen LogP contribution in [0.5, 0.6) is 0 Å². The first-order chi connectivity index (χ1) is 8.42. The lowest BCUT2D eigenvalue weighted by atomic mass is 9.98. The van der Waals surface area contributed by atoms with E-state index in [-0.39, 0.29) is 12.2 Å². The molecule has 106 valence electrons. The van der Waals surface area contributed by atoms with Gasteiger partial charge in [-0.15, -0.1) is 0 Å². The van der Waals surface area contributed by atoms with E-state index in [9.17, 15) is 4.79 Å². The summed E-state index contributed by atoms with van der Waals surface area (Å²) in [5, 5.41) is 3.49. The maximum atomic E-state index is 12.4. The van der Waals surface area contributed by atoms with Crippen molar-refractivity contribution in [2.24, 2.45) is 11.8 Å². The number of hydrogen-bond donors (Lipinski definition) is 1. The van der Waals surface area contributed by atoms with E-state index < -0.39 is 0 Å². The van der Waals surface area contributed by atoms with Crippen LogP contribution in [0.25, 0.3) is 0 Å². The molecule has 3 nitrogen and oxygen atoms in total. The second kappa shape index (κ2) is 6.55. The van der Waals surface area contributed by atoms with E-state index in [0.717, 1.165) is 12.8 Å². The van der Waals surface area contributed by atoms with Gasteiger partial charge in [0.1, 0.15) is 0 Å². The number of rotatable bonds is 6. The van der Waals surface area contributed by atoms with Gasteiger partial charge in [-0.1, -0.05) is 41.0 Å². The number of hydrogen-bond acceptors (Lipinski definition) is 2. The number of nitrogens with one attached hydrogen (secondary N) is 1. The van der Waals surface area contributed by atoms with Crippen LogP contribution in [0.4, 0.5) is 0 Å². The third-order valence-electron chi connectivity index (χ3n) is 4.18. The Kier molecular flexibility index (Phi) is 5.64. The molecular formula is C15H30N2O. The predicted octanol–water partition coefficient (Wildman–Crippen LogP) is 3.00. The molecular weight excluding hydrogens is 224 g/mol. The topological polar surface area (TPSA) is 32.3 Å². The SMILES string of the molecule is CCC(C)CC(C)N1C(=O)C(CC)NC1C(C)C. The van der Waals surface area contributed by atoms with Crippen LogP contribution in [0.1, 0.15) is 60.8 Å². The van der Waals surface area contributed by atoms with Gasteiger partial charge in [-0.05, 0) is 31.6 Å². The minimum atomic E-state index is 0.0248. The summed E-state index contributed by atoms with van der Waals surface area (Å²) in [6, 6.07) is 0.362. The van der Waals surface area contributed by atoms with E-state index >= 15 is 0 Å². The molecule has 1 amide bonds. The van der Waals surface area contributed by atoms with Gasteiger partial charge in [-0.3, -0.25) is 10.1 Å². The quantitative estimate of drug-likeness (QED) is 0.790. The fraction of sp³-hybridized carbons (Fsp3) is 0.933. The molecule has 1 rings (SSSR count). The summed E-state index contributed by atoms with van der Waals surface area (Å²) in [7, 11) is 0. The standard InChI is InChI=1S/C15H30N2O/c1-7-11(5)9-12(6)17-14(10(3)4)16-13(8-2)15(17)18/h10-14,16H,7-9H2,1-6H3. The maximum Gasteiger partial charge on any atom is 0.241 e. The van der Waals surface area contributed by atoms with E-state index in [1.165, 1.54) is 6.42 Å². The second-order valence-corrected chi connectivity index (χ2v) is 6.16. The van der Waals surface area contributed by atoms with Crippen molar-refractivity contribution in [1.29, 1.82) is 0 Å². The van der Waals surface area contributed by atoms with E-state index in [2.05, 4.69) is 51.8 Å². The smallest absolute Gasteiger partial charge is 0.241 e. The summed E-state index contributed by atoms with van der Waals surface area (Å²) in [4.78, 5) is 14.5. The highest BCUT2D eigenvalue weighted by Crippen LogP contribution is 2.25. The maximum absolute atomic E-state index is 12.4. The lowest BCUT2D eigenvalue weighted by Crippen LogP contribution is -2.46. The van der Waals surface area contributed by atoms with Crippen molar-refractivity contribution in [1.82, 2.24) is 10.2 Å². The van der Waals surface area contributed by atoms with E-state index in [1.807, 2.05) is 0 Å². The third kappa shape index (κ3) is 3.25. The molecule has 1 saturated heterocycles. The number of nitrogens with zero attached hydrogens (tertiary/aromatic N) is 1. The van der Waals surface area contributed by atoms with E-state index in [0.29, 0.717) is 23.8 Å². The molecule has 0 radical (unpaired) electrons. The molecule has 1 aliphatic heterocycles. The molecule has 4 unspecified atom stereocenters. The van der Waals surface area contributed by atoms with Gasteiger partial charge in [0, 0.05) is 6.04 Å². The first kappa shape index (κ1) is 15.5. The van der Waals surface area contributed by atoms with Crippen LogP contribution in [0.2, 0.25) is 0 Å². The van der Waals surface area contributed by atoms with Crippen LogP contribution in [0, 0.1) is 11.8 Å². The van der Waals surface area contributed by atoms with Crippen LogP contribution in [-0.2, 0) is 4.79 Å². The zero-order valence-corrected chi connectivity index (χ0v) is 12.9. The Hall–Kier alpha value is -0.570. The molecule has 0 aromatic rings. The Morgan fingerprint density at radius 3 is 2.28 bits per heavy atom. The van der Waals surface area contributed by atoms with Gasteiger partial charge in [0.15, 0.2) is 0 Å². The highest BCUT2D eigenvalue weighted by Gasteiger charge is 2.41. The first-order valence-corrected chi connectivity index (χ1v) is 7.50. The highest BCUT2D eigenvalue weighted by atomic mass is 16.2. The van der Waals surface area contributed by atoms with Gasteiger partial charge in [0.25, 0.3) is 0 Å². The third-order valence-corrected chi connectivity index (χ3v) is 4.18.